The second-order valence-electron chi connectivity index (χ2n) is 6.49. The first kappa shape index (κ1) is 17.3. The molecule has 1 aromatic carbocycles. The van der Waals surface area contributed by atoms with Gasteiger partial charge in [0, 0.05) is 11.6 Å². The van der Waals surface area contributed by atoms with Gasteiger partial charge in [-0.1, -0.05) is 18.2 Å². The topological polar surface area (TPSA) is 57.0 Å². The van der Waals surface area contributed by atoms with E-state index in [0.29, 0.717) is 40.0 Å². The maximum absolute atomic E-state index is 6.32. The first-order valence-electron chi connectivity index (χ1n) is 8.63. The molecule has 8 heteroatoms. The van der Waals surface area contributed by atoms with Crippen molar-refractivity contribution < 1.29 is 18.6 Å². The van der Waals surface area contributed by atoms with Crippen molar-refractivity contribution in [3.63, 3.8) is 0 Å². The molecule has 3 aromatic rings. The zero-order chi connectivity index (χ0) is 19.3. The van der Waals surface area contributed by atoms with E-state index in [0.717, 1.165) is 11.3 Å². The molecule has 4 heterocycles. The third-order valence-electron chi connectivity index (χ3n) is 4.91. The van der Waals surface area contributed by atoms with Gasteiger partial charge >= 0.3 is 0 Å². The van der Waals surface area contributed by atoms with Gasteiger partial charge in [-0.3, -0.25) is 4.90 Å². The Kier molecular flexibility index (Phi) is 3.96. The third kappa shape index (κ3) is 2.54. The zero-order valence-corrected chi connectivity index (χ0v) is 16.4. The number of hydrogen-bond donors (Lipinski definition) is 0. The van der Waals surface area contributed by atoms with E-state index in [9.17, 15) is 0 Å². The fraction of sp³-hybridized carbons (Fsp3) is 0.200. The van der Waals surface area contributed by atoms with Crippen molar-refractivity contribution in [3.8, 4) is 11.6 Å². The third-order valence-corrected chi connectivity index (χ3v) is 5.42. The average Bonchev–Trinajstić information content (AvgIpc) is 3.29. The van der Waals surface area contributed by atoms with E-state index < -0.39 is 5.60 Å². The Bertz CT molecular complexity index is 1090. The van der Waals surface area contributed by atoms with Gasteiger partial charge < -0.3 is 18.6 Å². The van der Waals surface area contributed by atoms with E-state index in [-0.39, 0.29) is 6.61 Å². The van der Waals surface area contributed by atoms with Gasteiger partial charge in [0.2, 0.25) is 11.5 Å². The van der Waals surface area contributed by atoms with Gasteiger partial charge in [0.05, 0.1) is 19.3 Å². The minimum absolute atomic E-state index is 0.278. The molecule has 0 amide bonds. The van der Waals surface area contributed by atoms with Crippen LogP contribution in [0.25, 0.3) is 0 Å². The smallest absolute Gasteiger partial charge is 0.265 e. The molecule has 0 fully saturated rings. The zero-order valence-electron chi connectivity index (χ0n) is 14.8. The van der Waals surface area contributed by atoms with Crippen LogP contribution in [0.1, 0.15) is 17.0 Å². The summed E-state index contributed by atoms with van der Waals surface area (Å²) in [4.78, 5) is 6.49. The maximum atomic E-state index is 6.32. The predicted molar refractivity (Wildman–Crippen MR) is 107 cm³/mol. The molecule has 1 spiro atoms. The van der Waals surface area contributed by atoms with E-state index in [4.69, 9.17) is 42.4 Å². The summed E-state index contributed by atoms with van der Waals surface area (Å²) in [5.41, 5.74) is 1.56. The van der Waals surface area contributed by atoms with Crippen LogP contribution < -0.4 is 14.4 Å². The van der Waals surface area contributed by atoms with Crippen LogP contribution in [0.15, 0.2) is 52.9 Å². The molecule has 0 radical (unpaired) electrons. The summed E-state index contributed by atoms with van der Waals surface area (Å²) in [5.74, 6) is 1.83. The van der Waals surface area contributed by atoms with E-state index >= 15 is 0 Å². The van der Waals surface area contributed by atoms with Gasteiger partial charge in [0.1, 0.15) is 23.8 Å². The highest BCUT2D eigenvalue weighted by Crippen LogP contribution is 2.50. The van der Waals surface area contributed by atoms with Crippen LogP contribution in [0.3, 0.4) is 0 Å². The number of halogens is 1. The molecule has 1 atom stereocenters. The second-order valence-corrected chi connectivity index (χ2v) is 7.21. The Morgan fingerprint density at radius 3 is 2.86 bits per heavy atom. The van der Waals surface area contributed by atoms with Crippen molar-refractivity contribution in [2.45, 2.75) is 12.1 Å². The molecular weight excluding hydrogens is 400 g/mol. The number of thiocarbonyl (C=S) groups is 1. The molecule has 2 aliphatic rings. The molecule has 0 aliphatic carbocycles. The van der Waals surface area contributed by atoms with Crippen molar-refractivity contribution in [1.82, 2.24) is 4.98 Å². The lowest BCUT2D eigenvalue weighted by Crippen LogP contribution is -2.47. The van der Waals surface area contributed by atoms with Crippen molar-refractivity contribution in [1.29, 1.82) is 0 Å². The number of para-hydroxylation sites is 1. The lowest BCUT2D eigenvalue weighted by atomic mass is 9.88. The van der Waals surface area contributed by atoms with Gasteiger partial charge in [0.25, 0.3) is 5.17 Å². The highest BCUT2D eigenvalue weighted by atomic mass is 35.5. The summed E-state index contributed by atoms with van der Waals surface area (Å²) in [6.45, 7) is 0.679. The van der Waals surface area contributed by atoms with Crippen LogP contribution in [-0.2, 0) is 16.9 Å². The van der Waals surface area contributed by atoms with Crippen LogP contribution in [0.4, 0.5) is 5.69 Å². The van der Waals surface area contributed by atoms with Crippen molar-refractivity contribution in [2.24, 2.45) is 0 Å². The number of methoxy groups -OCH3 is 1. The van der Waals surface area contributed by atoms with Crippen LogP contribution in [0.2, 0.25) is 5.22 Å². The second kappa shape index (κ2) is 6.39. The Morgan fingerprint density at radius 2 is 2.07 bits per heavy atom. The van der Waals surface area contributed by atoms with Crippen LogP contribution in [-0.4, -0.2) is 23.9 Å². The molecule has 1 unspecified atom stereocenters. The Labute approximate surface area is 171 Å². The van der Waals surface area contributed by atoms with Crippen LogP contribution >= 0.6 is 23.8 Å². The SMILES string of the molecule is COc1ccc2c(n1)C1(CO2)OC(=S)N(Cc2ccc(Cl)o2)c2ccccc21. The number of aromatic nitrogens is 1. The van der Waals surface area contributed by atoms with E-state index in [1.165, 1.54) is 0 Å². The van der Waals surface area contributed by atoms with Gasteiger partial charge in [-0.25, -0.2) is 4.98 Å². The lowest BCUT2D eigenvalue weighted by molar-refractivity contribution is 0.0623. The maximum Gasteiger partial charge on any atom is 0.265 e. The average molecular weight is 415 g/mol. The summed E-state index contributed by atoms with van der Waals surface area (Å²) >= 11 is 11.5. The van der Waals surface area contributed by atoms with E-state index in [1.807, 2.05) is 41.3 Å². The molecule has 0 saturated heterocycles. The molecule has 28 heavy (non-hydrogen) atoms. The number of rotatable bonds is 3. The van der Waals surface area contributed by atoms with E-state index in [1.54, 1.807) is 19.2 Å². The molecule has 142 valence electrons. The number of anilines is 1. The lowest BCUT2D eigenvalue weighted by Gasteiger charge is -2.40. The van der Waals surface area contributed by atoms with Crippen molar-refractivity contribution in [2.75, 3.05) is 18.6 Å². The minimum atomic E-state index is -0.922. The Hall–Kier alpha value is -2.77. The number of fused-ring (bicyclic) bond motifs is 4. The van der Waals surface area contributed by atoms with Gasteiger partial charge in [0.15, 0.2) is 5.22 Å². The van der Waals surface area contributed by atoms with Gasteiger partial charge in [-0.15, -0.1) is 0 Å². The number of pyridine rings is 1. The first-order valence-corrected chi connectivity index (χ1v) is 9.42. The number of ether oxygens (including phenoxy) is 3. The number of benzene rings is 1. The minimum Gasteiger partial charge on any atom is -0.486 e. The van der Waals surface area contributed by atoms with Gasteiger partial charge in [-0.05, 0) is 48.1 Å². The highest BCUT2D eigenvalue weighted by Gasteiger charge is 2.52. The van der Waals surface area contributed by atoms with Crippen LogP contribution in [0.5, 0.6) is 11.6 Å². The molecule has 5 rings (SSSR count). The largest absolute Gasteiger partial charge is 0.486 e. The molecule has 6 nitrogen and oxygen atoms in total. The molecule has 0 N–H and O–H groups in total. The Morgan fingerprint density at radius 1 is 1.21 bits per heavy atom. The summed E-state index contributed by atoms with van der Waals surface area (Å²) in [6.07, 6.45) is 0. The normalized spacial score (nSPS) is 19.8. The quantitative estimate of drug-likeness (QED) is 0.592. The summed E-state index contributed by atoms with van der Waals surface area (Å²) < 4.78 is 23.0. The van der Waals surface area contributed by atoms with Crippen molar-refractivity contribution >= 4 is 34.7 Å². The molecule has 0 bridgehead atoms. The molecule has 2 aliphatic heterocycles. The highest BCUT2D eigenvalue weighted by molar-refractivity contribution is 7.80. The summed E-state index contributed by atoms with van der Waals surface area (Å²) in [7, 11) is 1.58. The number of nitrogens with zero attached hydrogens (tertiary/aromatic N) is 2. The molecule has 2 aromatic heterocycles. The Balaban J connectivity index is 1.63. The standard InChI is InChI=1S/C20H15ClN2O4S/c1-24-17-9-7-15-18(22-17)20(11-25-15)13-4-2-3-5-14(13)23(19(28)27-20)10-12-6-8-16(21)26-12/h2-9H,10-11H2,1H3. The van der Waals surface area contributed by atoms with Gasteiger partial charge in [-0.2, -0.15) is 0 Å². The fourth-order valence-electron chi connectivity index (χ4n) is 3.63. The summed E-state index contributed by atoms with van der Waals surface area (Å²) in [5, 5.41) is 0.644. The first-order chi connectivity index (χ1) is 13.6. The number of furan rings is 1. The monoisotopic (exact) mass is 414 g/mol. The van der Waals surface area contributed by atoms with E-state index in [2.05, 4.69) is 4.98 Å². The summed E-state index contributed by atoms with van der Waals surface area (Å²) in [6, 6.07) is 15.0. The predicted octanol–water partition coefficient (Wildman–Crippen LogP) is 4.29. The molecule has 0 saturated carbocycles. The molecular formula is C20H15ClN2O4S. The van der Waals surface area contributed by atoms with Crippen LogP contribution in [0, 0.1) is 0 Å². The fourth-order valence-corrected chi connectivity index (χ4v) is 4.10. The number of hydrogen-bond acceptors (Lipinski definition) is 6. The van der Waals surface area contributed by atoms with Crippen molar-refractivity contribution in [3.05, 3.63) is 70.8 Å².